The van der Waals surface area contributed by atoms with Crippen LogP contribution in [0.5, 0.6) is 0 Å². The predicted octanol–water partition coefficient (Wildman–Crippen LogP) is 2.30. The summed E-state index contributed by atoms with van der Waals surface area (Å²) in [6.45, 7) is 6.22. The molecule has 0 aromatic carbocycles. The summed E-state index contributed by atoms with van der Waals surface area (Å²) < 4.78 is 5.76. The monoisotopic (exact) mass is 200 g/mol. The van der Waals surface area contributed by atoms with Gasteiger partial charge in [0.2, 0.25) is 0 Å². The van der Waals surface area contributed by atoms with Crippen molar-refractivity contribution in [3.8, 4) is 0 Å². The van der Waals surface area contributed by atoms with Gasteiger partial charge in [0.05, 0.1) is 18.1 Å². The van der Waals surface area contributed by atoms with Crippen LogP contribution in [0.2, 0.25) is 0 Å². The van der Waals surface area contributed by atoms with E-state index in [9.17, 15) is 4.79 Å². The molecule has 0 saturated carbocycles. The third-order valence-corrected chi connectivity index (χ3v) is 2.92. The number of hydrogen-bond donors (Lipinski definition) is 1. The van der Waals surface area contributed by atoms with Gasteiger partial charge in [-0.05, 0) is 18.8 Å². The highest BCUT2D eigenvalue weighted by molar-refractivity contribution is 5.71. The van der Waals surface area contributed by atoms with Gasteiger partial charge in [-0.2, -0.15) is 0 Å². The van der Waals surface area contributed by atoms with Crippen molar-refractivity contribution in [1.29, 1.82) is 0 Å². The van der Waals surface area contributed by atoms with Crippen molar-refractivity contribution < 1.29 is 14.6 Å². The molecule has 3 nitrogen and oxygen atoms in total. The van der Waals surface area contributed by atoms with Crippen LogP contribution in [0, 0.1) is 11.8 Å². The maximum absolute atomic E-state index is 11.0. The quantitative estimate of drug-likeness (QED) is 0.757. The van der Waals surface area contributed by atoms with Crippen LogP contribution in [0.25, 0.3) is 0 Å². The number of carbonyl (C=O) groups is 1. The minimum absolute atomic E-state index is 0.0649. The van der Waals surface area contributed by atoms with E-state index in [1.807, 2.05) is 0 Å². The van der Waals surface area contributed by atoms with Crippen LogP contribution < -0.4 is 0 Å². The number of aliphatic carboxylic acids is 1. The van der Waals surface area contributed by atoms with Gasteiger partial charge in [0.25, 0.3) is 0 Å². The number of ether oxygens (including phenoxy) is 1. The van der Waals surface area contributed by atoms with Crippen LogP contribution in [-0.4, -0.2) is 23.3 Å². The lowest BCUT2D eigenvalue weighted by Crippen LogP contribution is -2.23. The standard InChI is InChI=1S/C11H20O3/c1-4-5-9-8(11(12)13)6-10(14-9)7(2)3/h7-10H,4-6H2,1-3H3,(H,12,13). The van der Waals surface area contributed by atoms with E-state index in [0.717, 1.165) is 12.8 Å². The molecule has 1 fully saturated rings. The maximum atomic E-state index is 11.0. The van der Waals surface area contributed by atoms with E-state index >= 15 is 0 Å². The summed E-state index contributed by atoms with van der Waals surface area (Å²) in [7, 11) is 0. The third-order valence-electron chi connectivity index (χ3n) is 2.92. The maximum Gasteiger partial charge on any atom is 0.309 e. The molecule has 14 heavy (non-hydrogen) atoms. The lowest BCUT2D eigenvalue weighted by atomic mass is 9.93. The fourth-order valence-electron chi connectivity index (χ4n) is 2.02. The third kappa shape index (κ3) is 2.47. The molecule has 3 unspecified atom stereocenters. The molecule has 0 amide bonds. The molecule has 1 rings (SSSR count). The predicted molar refractivity (Wildman–Crippen MR) is 54.1 cm³/mol. The Kier molecular flexibility index (Phi) is 3.93. The number of rotatable bonds is 4. The van der Waals surface area contributed by atoms with Crippen molar-refractivity contribution in [1.82, 2.24) is 0 Å². The van der Waals surface area contributed by atoms with Gasteiger partial charge >= 0.3 is 5.97 Å². The topological polar surface area (TPSA) is 46.5 Å². The van der Waals surface area contributed by atoms with Crippen molar-refractivity contribution in [3.63, 3.8) is 0 Å². The summed E-state index contributed by atoms with van der Waals surface area (Å²) in [6, 6.07) is 0. The molecule has 1 saturated heterocycles. The fourth-order valence-corrected chi connectivity index (χ4v) is 2.02. The van der Waals surface area contributed by atoms with E-state index in [1.54, 1.807) is 0 Å². The minimum atomic E-state index is -0.702. The van der Waals surface area contributed by atoms with Crippen LogP contribution in [-0.2, 0) is 9.53 Å². The number of carboxylic acid groups (broad SMARTS) is 1. The van der Waals surface area contributed by atoms with Crippen molar-refractivity contribution in [2.75, 3.05) is 0 Å². The molecule has 1 N–H and O–H groups in total. The molecule has 1 heterocycles. The van der Waals surface area contributed by atoms with Gasteiger partial charge in [-0.3, -0.25) is 4.79 Å². The van der Waals surface area contributed by atoms with Crippen molar-refractivity contribution in [2.24, 2.45) is 11.8 Å². The van der Waals surface area contributed by atoms with Crippen LogP contribution in [0.4, 0.5) is 0 Å². The molecule has 1 aliphatic rings. The second kappa shape index (κ2) is 4.78. The summed E-state index contributed by atoms with van der Waals surface area (Å²) in [5, 5.41) is 9.03. The van der Waals surface area contributed by atoms with Crippen LogP contribution in [0.1, 0.15) is 40.0 Å². The molecule has 3 atom stereocenters. The minimum Gasteiger partial charge on any atom is -0.481 e. The highest BCUT2D eigenvalue weighted by Crippen LogP contribution is 2.33. The van der Waals surface area contributed by atoms with Gasteiger partial charge < -0.3 is 9.84 Å². The lowest BCUT2D eigenvalue weighted by molar-refractivity contribution is -0.143. The highest BCUT2D eigenvalue weighted by atomic mass is 16.5. The average molecular weight is 200 g/mol. The van der Waals surface area contributed by atoms with E-state index in [4.69, 9.17) is 9.84 Å². The van der Waals surface area contributed by atoms with Crippen molar-refractivity contribution >= 4 is 5.97 Å². The zero-order valence-electron chi connectivity index (χ0n) is 9.19. The molecule has 0 spiro atoms. The smallest absolute Gasteiger partial charge is 0.309 e. The van der Waals surface area contributed by atoms with E-state index in [-0.39, 0.29) is 18.1 Å². The second-order valence-electron chi connectivity index (χ2n) is 4.43. The van der Waals surface area contributed by atoms with Crippen LogP contribution >= 0.6 is 0 Å². The fraction of sp³-hybridized carbons (Fsp3) is 0.909. The summed E-state index contributed by atoms with van der Waals surface area (Å²) >= 11 is 0. The molecule has 0 aliphatic carbocycles. The molecule has 1 aliphatic heterocycles. The van der Waals surface area contributed by atoms with Crippen LogP contribution in [0.15, 0.2) is 0 Å². The SMILES string of the molecule is CCCC1OC(C(C)C)CC1C(=O)O. The summed E-state index contributed by atoms with van der Waals surface area (Å²) in [5.74, 6) is -0.576. The van der Waals surface area contributed by atoms with Gasteiger partial charge in [-0.1, -0.05) is 27.2 Å². The summed E-state index contributed by atoms with van der Waals surface area (Å²) in [6.07, 6.45) is 2.59. The largest absolute Gasteiger partial charge is 0.481 e. The Balaban J connectivity index is 2.60. The van der Waals surface area contributed by atoms with Gasteiger partial charge in [-0.15, -0.1) is 0 Å². The molecule has 0 aromatic rings. The first-order valence-electron chi connectivity index (χ1n) is 5.44. The highest BCUT2D eigenvalue weighted by Gasteiger charge is 2.40. The van der Waals surface area contributed by atoms with E-state index in [2.05, 4.69) is 20.8 Å². The van der Waals surface area contributed by atoms with Crippen LogP contribution in [0.3, 0.4) is 0 Å². The Morgan fingerprint density at radius 3 is 2.64 bits per heavy atom. The van der Waals surface area contributed by atoms with Gasteiger partial charge in [-0.25, -0.2) is 0 Å². The van der Waals surface area contributed by atoms with E-state index in [1.165, 1.54) is 0 Å². The molecule has 0 radical (unpaired) electrons. The Morgan fingerprint density at radius 2 is 2.21 bits per heavy atom. The first-order valence-corrected chi connectivity index (χ1v) is 5.44. The normalized spacial score (nSPS) is 32.4. The molecular weight excluding hydrogens is 180 g/mol. The number of hydrogen-bond acceptors (Lipinski definition) is 2. The first kappa shape index (κ1) is 11.5. The summed E-state index contributed by atoms with van der Waals surface area (Å²) in [5.41, 5.74) is 0. The van der Waals surface area contributed by atoms with E-state index < -0.39 is 5.97 Å². The van der Waals surface area contributed by atoms with E-state index in [0.29, 0.717) is 12.3 Å². The molecule has 0 bridgehead atoms. The Hall–Kier alpha value is -0.570. The molecular formula is C11H20O3. The van der Waals surface area contributed by atoms with Gasteiger partial charge in [0.1, 0.15) is 0 Å². The van der Waals surface area contributed by atoms with Gasteiger partial charge in [0, 0.05) is 0 Å². The average Bonchev–Trinajstić information content (AvgIpc) is 2.49. The lowest BCUT2D eigenvalue weighted by Gasteiger charge is -2.16. The zero-order chi connectivity index (χ0) is 10.7. The van der Waals surface area contributed by atoms with Crippen molar-refractivity contribution in [2.45, 2.75) is 52.2 Å². The summed E-state index contributed by atoms with van der Waals surface area (Å²) in [4.78, 5) is 11.0. The molecule has 3 heteroatoms. The number of carboxylic acids is 1. The molecule has 82 valence electrons. The Labute approximate surface area is 85.5 Å². The van der Waals surface area contributed by atoms with Gasteiger partial charge in [0.15, 0.2) is 0 Å². The molecule has 0 aromatic heterocycles. The zero-order valence-corrected chi connectivity index (χ0v) is 9.19. The van der Waals surface area contributed by atoms with Crippen molar-refractivity contribution in [3.05, 3.63) is 0 Å². The second-order valence-corrected chi connectivity index (χ2v) is 4.43. The Morgan fingerprint density at radius 1 is 1.57 bits per heavy atom. The Bertz CT molecular complexity index is 201. The first-order chi connectivity index (χ1) is 6.56.